The molecule has 1 unspecified atom stereocenters. The lowest BCUT2D eigenvalue weighted by Gasteiger charge is -2.26. The van der Waals surface area contributed by atoms with Crippen LogP contribution in [-0.4, -0.2) is 43.7 Å². The molecule has 1 aromatic rings. The lowest BCUT2D eigenvalue weighted by atomic mass is 10.0. The minimum atomic E-state index is -0.653. The SMILES string of the molecule is C[C@H](O)c1cccc(F)c1N(C)CC1CCN(C)C1. The molecule has 0 amide bonds. The second-order valence-electron chi connectivity index (χ2n) is 5.65. The van der Waals surface area contributed by atoms with Gasteiger partial charge in [-0.15, -0.1) is 0 Å². The van der Waals surface area contributed by atoms with Crippen LogP contribution in [0.1, 0.15) is 25.0 Å². The normalized spacial score (nSPS) is 21.6. The Kier molecular flexibility index (Phi) is 4.42. The van der Waals surface area contributed by atoms with Gasteiger partial charge in [-0.1, -0.05) is 12.1 Å². The first-order valence-electron chi connectivity index (χ1n) is 6.85. The van der Waals surface area contributed by atoms with Crippen molar-refractivity contribution < 1.29 is 9.50 Å². The van der Waals surface area contributed by atoms with E-state index in [4.69, 9.17) is 0 Å². The predicted octanol–water partition coefficient (Wildman–Crippen LogP) is 2.27. The second-order valence-corrected chi connectivity index (χ2v) is 5.65. The number of benzene rings is 1. The summed E-state index contributed by atoms with van der Waals surface area (Å²) in [5.41, 5.74) is 1.20. The average Bonchev–Trinajstić information content (AvgIpc) is 2.74. The summed E-state index contributed by atoms with van der Waals surface area (Å²) >= 11 is 0. The Hall–Kier alpha value is -1.13. The number of rotatable bonds is 4. The standard InChI is InChI=1S/C15H23FN2O/c1-11(19)13-5-4-6-14(16)15(13)18(3)10-12-7-8-17(2)9-12/h4-6,11-12,19H,7-10H2,1-3H3/t11-,12?/m0/s1. The third-order valence-electron chi connectivity index (χ3n) is 3.87. The molecule has 106 valence electrons. The van der Waals surface area contributed by atoms with E-state index in [2.05, 4.69) is 11.9 Å². The fourth-order valence-corrected chi connectivity index (χ4v) is 2.93. The van der Waals surface area contributed by atoms with E-state index in [1.807, 2.05) is 11.9 Å². The van der Waals surface area contributed by atoms with Crippen LogP contribution in [0.25, 0.3) is 0 Å². The summed E-state index contributed by atoms with van der Waals surface area (Å²) in [6.45, 7) is 4.67. The zero-order chi connectivity index (χ0) is 14.0. The van der Waals surface area contributed by atoms with Crippen LogP contribution in [0.4, 0.5) is 10.1 Å². The predicted molar refractivity (Wildman–Crippen MR) is 75.9 cm³/mol. The number of para-hydroxylation sites is 1. The van der Waals surface area contributed by atoms with Crippen LogP contribution in [-0.2, 0) is 0 Å². The van der Waals surface area contributed by atoms with Gasteiger partial charge in [0, 0.05) is 25.7 Å². The molecule has 1 saturated heterocycles. The Morgan fingerprint density at radius 3 is 2.84 bits per heavy atom. The molecule has 4 heteroatoms. The van der Waals surface area contributed by atoms with Gasteiger partial charge in [-0.2, -0.15) is 0 Å². The largest absolute Gasteiger partial charge is 0.389 e. The summed E-state index contributed by atoms with van der Waals surface area (Å²) in [7, 11) is 4.02. The van der Waals surface area contributed by atoms with E-state index in [-0.39, 0.29) is 5.82 Å². The highest BCUT2D eigenvalue weighted by Crippen LogP contribution is 2.30. The first kappa shape index (κ1) is 14.3. The van der Waals surface area contributed by atoms with Gasteiger partial charge >= 0.3 is 0 Å². The molecule has 1 N–H and O–H groups in total. The van der Waals surface area contributed by atoms with Gasteiger partial charge in [0.15, 0.2) is 0 Å². The molecular weight excluding hydrogens is 243 g/mol. The summed E-state index contributed by atoms with van der Waals surface area (Å²) in [5.74, 6) is 0.309. The fraction of sp³-hybridized carbons (Fsp3) is 0.600. The van der Waals surface area contributed by atoms with Crippen molar-refractivity contribution in [3.05, 3.63) is 29.6 Å². The fourth-order valence-electron chi connectivity index (χ4n) is 2.93. The van der Waals surface area contributed by atoms with Gasteiger partial charge in [0.1, 0.15) is 5.82 Å². The van der Waals surface area contributed by atoms with E-state index in [9.17, 15) is 9.50 Å². The summed E-state index contributed by atoms with van der Waals surface area (Å²) in [5, 5.41) is 9.78. The minimum absolute atomic E-state index is 0.257. The van der Waals surface area contributed by atoms with E-state index in [0.717, 1.165) is 26.1 Å². The summed E-state index contributed by atoms with van der Waals surface area (Å²) < 4.78 is 14.0. The second kappa shape index (κ2) is 5.88. The molecule has 0 saturated carbocycles. The van der Waals surface area contributed by atoms with Crippen LogP contribution in [0.3, 0.4) is 0 Å². The van der Waals surface area contributed by atoms with Gasteiger partial charge in [0.05, 0.1) is 11.8 Å². The van der Waals surface area contributed by atoms with Crippen molar-refractivity contribution in [2.45, 2.75) is 19.4 Å². The van der Waals surface area contributed by atoms with Crippen LogP contribution in [0.2, 0.25) is 0 Å². The molecule has 1 aliphatic rings. The van der Waals surface area contributed by atoms with E-state index < -0.39 is 6.10 Å². The number of aliphatic hydroxyl groups excluding tert-OH is 1. The molecule has 19 heavy (non-hydrogen) atoms. The van der Waals surface area contributed by atoms with E-state index in [1.54, 1.807) is 19.1 Å². The Balaban J connectivity index is 2.16. The van der Waals surface area contributed by atoms with Gasteiger partial charge in [0.25, 0.3) is 0 Å². The molecule has 1 heterocycles. The van der Waals surface area contributed by atoms with E-state index in [0.29, 0.717) is 17.2 Å². The van der Waals surface area contributed by atoms with Gasteiger partial charge < -0.3 is 14.9 Å². The van der Waals surface area contributed by atoms with Gasteiger partial charge in [-0.05, 0) is 38.9 Å². The maximum Gasteiger partial charge on any atom is 0.146 e. The van der Waals surface area contributed by atoms with Crippen LogP contribution >= 0.6 is 0 Å². The highest BCUT2D eigenvalue weighted by atomic mass is 19.1. The first-order chi connectivity index (χ1) is 8.99. The Bertz CT molecular complexity index is 436. The van der Waals surface area contributed by atoms with Gasteiger partial charge in [-0.25, -0.2) is 4.39 Å². The third-order valence-corrected chi connectivity index (χ3v) is 3.87. The molecule has 0 aliphatic carbocycles. The zero-order valence-corrected chi connectivity index (χ0v) is 11.9. The lowest BCUT2D eigenvalue weighted by molar-refractivity contribution is 0.199. The van der Waals surface area contributed by atoms with Crippen molar-refractivity contribution in [1.82, 2.24) is 4.90 Å². The number of nitrogens with zero attached hydrogens (tertiary/aromatic N) is 2. The van der Waals surface area contributed by atoms with Crippen molar-refractivity contribution in [2.24, 2.45) is 5.92 Å². The average molecular weight is 266 g/mol. The zero-order valence-electron chi connectivity index (χ0n) is 11.9. The lowest BCUT2D eigenvalue weighted by Crippen LogP contribution is -2.29. The molecule has 0 radical (unpaired) electrons. The highest BCUT2D eigenvalue weighted by molar-refractivity contribution is 5.55. The number of aliphatic hydroxyl groups is 1. The van der Waals surface area contributed by atoms with Crippen LogP contribution in [0.5, 0.6) is 0 Å². The maximum atomic E-state index is 14.0. The Labute approximate surface area is 114 Å². The molecule has 0 bridgehead atoms. The number of hydrogen-bond donors (Lipinski definition) is 1. The molecular formula is C15H23FN2O. The molecule has 1 aliphatic heterocycles. The topological polar surface area (TPSA) is 26.7 Å². The molecule has 0 aromatic heterocycles. The van der Waals surface area contributed by atoms with E-state index >= 15 is 0 Å². The molecule has 3 nitrogen and oxygen atoms in total. The molecule has 2 rings (SSSR count). The number of hydrogen-bond acceptors (Lipinski definition) is 3. The van der Waals surface area contributed by atoms with Crippen LogP contribution in [0.15, 0.2) is 18.2 Å². The smallest absolute Gasteiger partial charge is 0.146 e. The monoisotopic (exact) mass is 266 g/mol. The van der Waals surface area contributed by atoms with Crippen LogP contribution in [0, 0.1) is 11.7 Å². The quantitative estimate of drug-likeness (QED) is 0.905. The van der Waals surface area contributed by atoms with Crippen LogP contribution < -0.4 is 4.90 Å². The molecule has 0 spiro atoms. The Morgan fingerprint density at radius 2 is 2.26 bits per heavy atom. The first-order valence-corrected chi connectivity index (χ1v) is 6.85. The number of likely N-dealkylation sites (tertiary alicyclic amines) is 1. The van der Waals surface area contributed by atoms with Gasteiger partial charge in [-0.3, -0.25) is 0 Å². The molecule has 2 atom stereocenters. The number of anilines is 1. The summed E-state index contributed by atoms with van der Waals surface area (Å²) in [4.78, 5) is 4.25. The van der Waals surface area contributed by atoms with Crippen molar-refractivity contribution >= 4 is 5.69 Å². The van der Waals surface area contributed by atoms with Crippen molar-refractivity contribution in [3.63, 3.8) is 0 Å². The van der Waals surface area contributed by atoms with E-state index in [1.165, 1.54) is 6.07 Å². The molecule has 1 fully saturated rings. The van der Waals surface area contributed by atoms with Gasteiger partial charge in [0.2, 0.25) is 0 Å². The van der Waals surface area contributed by atoms with Crippen molar-refractivity contribution in [3.8, 4) is 0 Å². The Morgan fingerprint density at radius 1 is 1.53 bits per heavy atom. The minimum Gasteiger partial charge on any atom is -0.389 e. The van der Waals surface area contributed by atoms with Crippen molar-refractivity contribution in [1.29, 1.82) is 0 Å². The number of halogens is 1. The third kappa shape index (κ3) is 3.25. The molecule has 1 aromatic carbocycles. The highest BCUT2D eigenvalue weighted by Gasteiger charge is 2.23. The van der Waals surface area contributed by atoms with Crippen molar-refractivity contribution in [2.75, 3.05) is 38.6 Å². The summed E-state index contributed by atoms with van der Waals surface area (Å²) in [6.07, 6.45) is 0.499. The summed E-state index contributed by atoms with van der Waals surface area (Å²) in [6, 6.07) is 4.90. The maximum absolute atomic E-state index is 14.0.